The predicted octanol–water partition coefficient (Wildman–Crippen LogP) is 5.90. The van der Waals surface area contributed by atoms with Gasteiger partial charge in [-0.05, 0) is 37.0 Å². The molecule has 0 bridgehead atoms. The van der Waals surface area contributed by atoms with E-state index >= 15 is 0 Å². The molecule has 2 nitrogen and oxygen atoms in total. The molecule has 0 amide bonds. The molecule has 1 unspecified atom stereocenters. The molecule has 2 heteroatoms. The van der Waals surface area contributed by atoms with Gasteiger partial charge in [-0.25, -0.2) is 0 Å². The lowest BCUT2D eigenvalue weighted by molar-refractivity contribution is -0.137. The molecule has 0 radical (unpaired) electrons. The molecule has 0 aromatic rings. The van der Waals surface area contributed by atoms with Crippen LogP contribution in [0.15, 0.2) is 0 Å². The molecule has 0 spiro atoms. The van der Waals surface area contributed by atoms with E-state index < -0.39 is 5.97 Å². The van der Waals surface area contributed by atoms with E-state index in [1.54, 1.807) is 0 Å². The fraction of sp³-hybridized carbons (Fsp3) is 0.944. The number of carboxylic acids is 1. The van der Waals surface area contributed by atoms with Gasteiger partial charge in [0.15, 0.2) is 0 Å². The largest absolute Gasteiger partial charge is 0.481 e. The SMILES string of the molecule is CC(C)CCCCCCC(CCCC(=O)O)CC(C)C. The van der Waals surface area contributed by atoms with E-state index in [1.807, 2.05) is 0 Å². The molecule has 1 N–H and O–H groups in total. The van der Waals surface area contributed by atoms with Crippen LogP contribution in [0.4, 0.5) is 0 Å². The molecule has 0 aliphatic rings. The van der Waals surface area contributed by atoms with Crippen molar-refractivity contribution in [2.45, 2.75) is 91.9 Å². The van der Waals surface area contributed by atoms with Gasteiger partial charge in [0.1, 0.15) is 0 Å². The Morgan fingerprint density at radius 1 is 0.800 bits per heavy atom. The van der Waals surface area contributed by atoms with Crippen molar-refractivity contribution in [2.75, 3.05) is 0 Å². The highest BCUT2D eigenvalue weighted by molar-refractivity contribution is 5.66. The maximum absolute atomic E-state index is 10.6. The van der Waals surface area contributed by atoms with Gasteiger partial charge in [0, 0.05) is 6.42 Å². The summed E-state index contributed by atoms with van der Waals surface area (Å²) < 4.78 is 0. The van der Waals surface area contributed by atoms with Crippen LogP contribution in [0.25, 0.3) is 0 Å². The second kappa shape index (κ2) is 12.2. The van der Waals surface area contributed by atoms with Gasteiger partial charge in [0.2, 0.25) is 0 Å². The summed E-state index contributed by atoms with van der Waals surface area (Å²) >= 11 is 0. The lowest BCUT2D eigenvalue weighted by atomic mass is 9.87. The maximum Gasteiger partial charge on any atom is 0.303 e. The number of carboxylic acid groups (broad SMARTS) is 1. The second-order valence-electron chi connectivity index (χ2n) is 7.17. The van der Waals surface area contributed by atoms with Crippen LogP contribution in [0.2, 0.25) is 0 Å². The first-order chi connectivity index (χ1) is 9.41. The van der Waals surface area contributed by atoms with Crippen molar-refractivity contribution in [1.82, 2.24) is 0 Å². The Kier molecular flexibility index (Phi) is 11.9. The summed E-state index contributed by atoms with van der Waals surface area (Å²) in [5.41, 5.74) is 0. The topological polar surface area (TPSA) is 37.3 Å². The van der Waals surface area contributed by atoms with Crippen LogP contribution in [-0.4, -0.2) is 11.1 Å². The van der Waals surface area contributed by atoms with Crippen LogP contribution in [-0.2, 0) is 4.79 Å². The van der Waals surface area contributed by atoms with Gasteiger partial charge in [-0.1, -0.05) is 66.2 Å². The lowest BCUT2D eigenvalue weighted by Crippen LogP contribution is -2.06. The van der Waals surface area contributed by atoms with Crippen LogP contribution in [0, 0.1) is 17.8 Å². The third-order valence-electron chi connectivity index (χ3n) is 3.95. The number of rotatable bonds is 13. The first kappa shape index (κ1) is 19.5. The van der Waals surface area contributed by atoms with E-state index in [9.17, 15) is 4.79 Å². The Morgan fingerprint density at radius 2 is 1.35 bits per heavy atom. The smallest absolute Gasteiger partial charge is 0.303 e. The van der Waals surface area contributed by atoms with E-state index in [-0.39, 0.29) is 0 Å². The third-order valence-corrected chi connectivity index (χ3v) is 3.95. The maximum atomic E-state index is 10.6. The highest BCUT2D eigenvalue weighted by Crippen LogP contribution is 2.24. The standard InChI is InChI=1S/C18H36O2/c1-15(2)10-7-5-6-8-11-17(14-16(3)4)12-9-13-18(19)20/h15-17H,5-14H2,1-4H3,(H,19,20). The monoisotopic (exact) mass is 284 g/mol. The van der Waals surface area contributed by atoms with Crippen molar-refractivity contribution >= 4 is 5.97 Å². The van der Waals surface area contributed by atoms with Crippen LogP contribution >= 0.6 is 0 Å². The Balaban J connectivity index is 3.72. The molecule has 0 aromatic carbocycles. The quantitative estimate of drug-likeness (QED) is 0.427. The molecule has 1 atom stereocenters. The summed E-state index contributed by atoms with van der Waals surface area (Å²) in [6, 6.07) is 0. The van der Waals surface area contributed by atoms with Crippen LogP contribution < -0.4 is 0 Å². The van der Waals surface area contributed by atoms with Gasteiger partial charge in [-0.2, -0.15) is 0 Å². The van der Waals surface area contributed by atoms with E-state index in [1.165, 1.54) is 44.9 Å². The Bertz CT molecular complexity index is 234. The van der Waals surface area contributed by atoms with Crippen molar-refractivity contribution in [3.05, 3.63) is 0 Å². The van der Waals surface area contributed by atoms with Gasteiger partial charge >= 0.3 is 5.97 Å². The molecule has 0 rings (SSSR count). The van der Waals surface area contributed by atoms with Crippen molar-refractivity contribution in [3.63, 3.8) is 0 Å². The summed E-state index contributed by atoms with van der Waals surface area (Å²) in [6.45, 7) is 9.13. The third kappa shape index (κ3) is 13.9. The van der Waals surface area contributed by atoms with Crippen LogP contribution in [0.5, 0.6) is 0 Å². The summed E-state index contributed by atoms with van der Waals surface area (Å²) in [6.07, 6.45) is 11.6. The average molecular weight is 284 g/mol. The van der Waals surface area contributed by atoms with Gasteiger partial charge in [-0.3, -0.25) is 4.79 Å². The van der Waals surface area contributed by atoms with Crippen molar-refractivity contribution in [1.29, 1.82) is 0 Å². The minimum atomic E-state index is -0.651. The lowest BCUT2D eigenvalue weighted by Gasteiger charge is -2.18. The minimum absolute atomic E-state index is 0.336. The highest BCUT2D eigenvalue weighted by atomic mass is 16.4. The summed E-state index contributed by atoms with van der Waals surface area (Å²) in [7, 11) is 0. The molecule has 0 aliphatic heterocycles. The molecule has 0 aliphatic carbocycles. The van der Waals surface area contributed by atoms with E-state index in [4.69, 9.17) is 5.11 Å². The van der Waals surface area contributed by atoms with Crippen molar-refractivity contribution in [2.24, 2.45) is 17.8 Å². The highest BCUT2D eigenvalue weighted by Gasteiger charge is 2.11. The summed E-state index contributed by atoms with van der Waals surface area (Å²) in [4.78, 5) is 10.6. The normalized spacial score (nSPS) is 13.1. The molecule has 0 saturated carbocycles. The van der Waals surface area contributed by atoms with Crippen molar-refractivity contribution in [3.8, 4) is 0 Å². The van der Waals surface area contributed by atoms with E-state index in [0.29, 0.717) is 6.42 Å². The Hall–Kier alpha value is -0.530. The van der Waals surface area contributed by atoms with Crippen molar-refractivity contribution < 1.29 is 9.90 Å². The first-order valence-corrected chi connectivity index (χ1v) is 8.63. The first-order valence-electron chi connectivity index (χ1n) is 8.63. The fourth-order valence-electron chi connectivity index (χ4n) is 2.93. The number of aliphatic carboxylic acids is 1. The molecule has 0 heterocycles. The number of unbranched alkanes of at least 4 members (excludes halogenated alkanes) is 3. The minimum Gasteiger partial charge on any atom is -0.481 e. The molecule has 0 aromatic heterocycles. The van der Waals surface area contributed by atoms with E-state index in [0.717, 1.165) is 30.6 Å². The Morgan fingerprint density at radius 3 is 1.85 bits per heavy atom. The van der Waals surface area contributed by atoms with Crippen LogP contribution in [0.3, 0.4) is 0 Å². The Labute approximate surface area is 126 Å². The van der Waals surface area contributed by atoms with Gasteiger partial charge < -0.3 is 5.11 Å². The molecular formula is C18H36O2. The van der Waals surface area contributed by atoms with E-state index in [2.05, 4.69) is 27.7 Å². The fourth-order valence-corrected chi connectivity index (χ4v) is 2.93. The number of carbonyl (C=O) groups is 1. The van der Waals surface area contributed by atoms with Gasteiger partial charge in [0.05, 0.1) is 0 Å². The number of hydrogen-bond donors (Lipinski definition) is 1. The molecule has 0 saturated heterocycles. The van der Waals surface area contributed by atoms with Gasteiger partial charge in [-0.15, -0.1) is 0 Å². The molecule has 0 fully saturated rings. The zero-order chi connectivity index (χ0) is 15.4. The summed E-state index contributed by atoms with van der Waals surface area (Å²) in [5.74, 6) is 1.65. The average Bonchev–Trinajstić information content (AvgIpc) is 2.31. The molecule has 20 heavy (non-hydrogen) atoms. The molecular weight excluding hydrogens is 248 g/mol. The summed E-state index contributed by atoms with van der Waals surface area (Å²) in [5, 5.41) is 8.73. The van der Waals surface area contributed by atoms with Crippen LogP contribution in [0.1, 0.15) is 91.9 Å². The predicted molar refractivity (Wildman–Crippen MR) is 87.0 cm³/mol. The molecule has 120 valence electrons. The zero-order valence-electron chi connectivity index (χ0n) is 14.2. The zero-order valence-corrected chi connectivity index (χ0v) is 14.2. The van der Waals surface area contributed by atoms with Gasteiger partial charge in [0.25, 0.3) is 0 Å². The second-order valence-corrected chi connectivity index (χ2v) is 7.17. The number of hydrogen-bond acceptors (Lipinski definition) is 1.